The highest BCUT2D eigenvalue weighted by atomic mass is 35.5. The van der Waals surface area contributed by atoms with Crippen LogP contribution in [-0.2, 0) is 17.8 Å². The highest BCUT2D eigenvalue weighted by Crippen LogP contribution is 2.41. The third kappa shape index (κ3) is 2.49. The number of benzene rings is 1. The van der Waals surface area contributed by atoms with E-state index in [9.17, 15) is 4.79 Å². The van der Waals surface area contributed by atoms with Crippen molar-refractivity contribution in [3.8, 4) is 11.8 Å². The lowest BCUT2D eigenvalue weighted by Crippen LogP contribution is -2.34. The van der Waals surface area contributed by atoms with Gasteiger partial charge in [0.05, 0.1) is 21.6 Å². The Morgan fingerprint density at radius 1 is 1.55 bits per heavy atom. The average molecular weight is 338 g/mol. The molecule has 22 heavy (non-hydrogen) atoms. The average Bonchev–Trinajstić information content (AvgIpc) is 2.97. The van der Waals surface area contributed by atoms with Crippen molar-refractivity contribution in [2.45, 2.75) is 25.9 Å². The van der Waals surface area contributed by atoms with E-state index < -0.39 is 0 Å². The van der Waals surface area contributed by atoms with E-state index >= 15 is 0 Å². The van der Waals surface area contributed by atoms with Gasteiger partial charge >= 0.3 is 0 Å². The van der Waals surface area contributed by atoms with Crippen LogP contribution in [-0.4, -0.2) is 23.1 Å². The summed E-state index contributed by atoms with van der Waals surface area (Å²) in [5.74, 6) is 0.492. The first-order valence-electron chi connectivity index (χ1n) is 6.78. The van der Waals surface area contributed by atoms with Gasteiger partial charge in [-0.2, -0.15) is 5.26 Å². The maximum Gasteiger partial charge on any atom is 0.217 e. The summed E-state index contributed by atoms with van der Waals surface area (Å²) in [4.78, 5) is 11.2. The highest BCUT2D eigenvalue weighted by molar-refractivity contribution is 6.45. The topological polar surface area (TPSA) is 67.0 Å². The van der Waals surface area contributed by atoms with Crippen molar-refractivity contribution in [2.75, 3.05) is 6.61 Å². The van der Waals surface area contributed by atoms with Gasteiger partial charge in [0.25, 0.3) is 0 Å². The fourth-order valence-electron chi connectivity index (χ4n) is 2.92. The lowest BCUT2D eigenvalue weighted by Gasteiger charge is -2.12. The van der Waals surface area contributed by atoms with E-state index in [1.807, 2.05) is 16.7 Å². The van der Waals surface area contributed by atoms with Crippen molar-refractivity contribution >= 4 is 40.0 Å². The Bertz CT molecular complexity index is 807. The number of halogens is 2. The number of fused-ring (bicyclic) bond motifs is 3. The highest BCUT2D eigenvalue weighted by Gasteiger charge is 2.27. The minimum Gasteiger partial charge on any atom is -0.478 e. The van der Waals surface area contributed by atoms with Gasteiger partial charge in [0, 0.05) is 37.0 Å². The molecule has 0 spiro atoms. The first-order valence-corrected chi connectivity index (χ1v) is 7.53. The smallest absolute Gasteiger partial charge is 0.217 e. The Kier molecular flexibility index (Phi) is 3.90. The molecule has 2 heterocycles. The molecule has 1 aromatic heterocycles. The number of hydrogen-bond donors (Lipinski definition) is 1. The van der Waals surface area contributed by atoms with Crippen molar-refractivity contribution in [2.24, 2.45) is 0 Å². The van der Waals surface area contributed by atoms with Crippen molar-refractivity contribution in [3.63, 3.8) is 0 Å². The Balaban J connectivity index is 2.06. The second kappa shape index (κ2) is 5.71. The van der Waals surface area contributed by atoms with Crippen LogP contribution < -0.4 is 10.1 Å². The fourth-order valence-corrected chi connectivity index (χ4v) is 3.37. The minimum atomic E-state index is -0.0535. The van der Waals surface area contributed by atoms with E-state index in [2.05, 4.69) is 5.32 Å². The molecule has 1 atom stereocenters. The molecule has 1 aromatic carbocycles. The lowest BCUT2D eigenvalue weighted by molar-refractivity contribution is -0.119. The number of carbonyl (C=O) groups is 1. The van der Waals surface area contributed by atoms with Crippen molar-refractivity contribution in [3.05, 3.63) is 27.9 Å². The van der Waals surface area contributed by atoms with Gasteiger partial charge in [-0.1, -0.05) is 23.2 Å². The zero-order valence-electron chi connectivity index (χ0n) is 11.8. The first kappa shape index (κ1) is 15.0. The van der Waals surface area contributed by atoms with Gasteiger partial charge in [0.1, 0.15) is 11.8 Å². The summed E-state index contributed by atoms with van der Waals surface area (Å²) in [6.45, 7) is 2.09. The monoisotopic (exact) mass is 337 g/mol. The van der Waals surface area contributed by atoms with Crippen LogP contribution in [0.3, 0.4) is 0 Å². The van der Waals surface area contributed by atoms with Gasteiger partial charge in [0.2, 0.25) is 5.91 Å². The Morgan fingerprint density at radius 2 is 2.32 bits per heavy atom. The van der Waals surface area contributed by atoms with Crippen LogP contribution in [0.15, 0.2) is 12.1 Å². The van der Waals surface area contributed by atoms with Crippen molar-refractivity contribution < 1.29 is 9.53 Å². The molecule has 0 unspecified atom stereocenters. The van der Waals surface area contributed by atoms with E-state index in [0.717, 1.165) is 23.0 Å². The van der Waals surface area contributed by atoms with E-state index in [1.165, 1.54) is 6.92 Å². The number of nitrogens with one attached hydrogen (secondary N) is 1. The van der Waals surface area contributed by atoms with Crippen LogP contribution >= 0.6 is 23.2 Å². The molecular formula is C15H13Cl2N3O2. The molecule has 114 valence electrons. The van der Waals surface area contributed by atoms with Crippen LogP contribution in [0, 0.1) is 11.3 Å². The number of ether oxygens (including phenoxy) is 1. The molecule has 2 aromatic rings. The molecule has 0 radical (unpaired) electrons. The molecule has 1 amide bonds. The normalized spacial score (nSPS) is 16.4. The Labute approximate surface area is 137 Å². The van der Waals surface area contributed by atoms with Crippen molar-refractivity contribution in [1.82, 2.24) is 9.88 Å². The first-order chi connectivity index (χ1) is 10.5. The Morgan fingerprint density at radius 3 is 3.00 bits per heavy atom. The van der Waals surface area contributed by atoms with Crippen molar-refractivity contribution in [1.29, 1.82) is 5.26 Å². The molecule has 7 heteroatoms. The maximum absolute atomic E-state index is 11.2. The number of aromatic nitrogens is 1. The largest absolute Gasteiger partial charge is 0.478 e. The van der Waals surface area contributed by atoms with E-state index in [0.29, 0.717) is 22.3 Å². The molecule has 0 aliphatic carbocycles. The van der Waals surface area contributed by atoms with Crippen LogP contribution in [0.4, 0.5) is 0 Å². The summed E-state index contributed by atoms with van der Waals surface area (Å²) in [7, 11) is 0. The number of hydrogen-bond acceptors (Lipinski definition) is 3. The number of rotatable bonds is 3. The molecule has 5 nitrogen and oxygen atoms in total. The van der Waals surface area contributed by atoms with E-state index in [-0.39, 0.29) is 18.6 Å². The fraction of sp³-hybridized carbons (Fsp3) is 0.333. The van der Waals surface area contributed by atoms with Crippen LogP contribution in [0.2, 0.25) is 10.0 Å². The van der Waals surface area contributed by atoms with Gasteiger partial charge in [0.15, 0.2) is 6.61 Å². The van der Waals surface area contributed by atoms with Crippen LogP contribution in [0.25, 0.3) is 10.9 Å². The second-order valence-corrected chi connectivity index (χ2v) is 6.01. The summed E-state index contributed by atoms with van der Waals surface area (Å²) in [6, 6.07) is 5.60. The SMILES string of the molecule is CC(=O)N[C@H]1Cc2cc3c(OCC#N)cc(Cl)c(Cl)c3n2C1. The predicted molar refractivity (Wildman–Crippen MR) is 84.4 cm³/mol. The molecule has 1 aliphatic rings. The zero-order chi connectivity index (χ0) is 15.9. The standard InChI is InChI=1S/C15H13Cl2N3O2/c1-8(21)19-9-4-10-5-11-13(22-3-2-18)6-12(16)14(17)15(11)20(10)7-9/h5-6,9H,3-4,7H2,1H3,(H,19,21)/t9-/m0/s1. The third-order valence-corrected chi connectivity index (χ3v) is 4.46. The summed E-state index contributed by atoms with van der Waals surface area (Å²) >= 11 is 12.5. The summed E-state index contributed by atoms with van der Waals surface area (Å²) in [5, 5.41) is 13.3. The molecule has 0 fully saturated rings. The molecule has 0 saturated heterocycles. The van der Waals surface area contributed by atoms with Crippen LogP contribution in [0.5, 0.6) is 5.75 Å². The Hall–Kier alpha value is -1.90. The van der Waals surface area contributed by atoms with E-state index in [4.69, 9.17) is 33.2 Å². The lowest BCUT2D eigenvalue weighted by atomic mass is 10.1. The summed E-state index contributed by atoms with van der Waals surface area (Å²) < 4.78 is 7.49. The van der Waals surface area contributed by atoms with Crippen LogP contribution in [0.1, 0.15) is 12.6 Å². The van der Waals surface area contributed by atoms with Gasteiger partial charge in [-0.3, -0.25) is 4.79 Å². The second-order valence-electron chi connectivity index (χ2n) is 5.23. The van der Waals surface area contributed by atoms with Gasteiger partial charge in [-0.05, 0) is 6.07 Å². The van der Waals surface area contributed by atoms with Gasteiger partial charge in [-0.15, -0.1) is 0 Å². The number of amides is 1. The molecule has 1 aliphatic heterocycles. The number of carbonyl (C=O) groups excluding carboxylic acids is 1. The number of nitriles is 1. The molecule has 3 rings (SSSR count). The zero-order valence-corrected chi connectivity index (χ0v) is 13.3. The maximum atomic E-state index is 11.2. The van der Waals surface area contributed by atoms with E-state index in [1.54, 1.807) is 6.07 Å². The quantitative estimate of drug-likeness (QED) is 0.936. The number of nitrogens with zero attached hydrogens (tertiary/aromatic N) is 2. The summed E-state index contributed by atoms with van der Waals surface area (Å²) in [5.41, 5.74) is 1.84. The third-order valence-electron chi connectivity index (χ3n) is 3.68. The van der Waals surface area contributed by atoms with Gasteiger partial charge < -0.3 is 14.6 Å². The molecule has 0 saturated carbocycles. The molecule has 1 N–H and O–H groups in total. The molecule has 0 bridgehead atoms. The molecular weight excluding hydrogens is 325 g/mol. The predicted octanol–water partition coefficient (Wildman–Crippen LogP) is 2.91. The minimum absolute atomic E-state index is 0.0513. The summed E-state index contributed by atoms with van der Waals surface area (Å²) in [6.07, 6.45) is 0.722. The van der Waals surface area contributed by atoms with Gasteiger partial charge in [-0.25, -0.2) is 0 Å².